The quantitative estimate of drug-likeness (QED) is 0.870. The van der Waals surface area contributed by atoms with Crippen molar-refractivity contribution in [2.24, 2.45) is 5.73 Å². The lowest BCUT2D eigenvalue weighted by atomic mass is 10.1. The van der Waals surface area contributed by atoms with Crippen molar-refractivity contribution in [1.29, 1.82) is 0 Å². The first-order chi connectivity index (χ1) is 9.72. The maximum Gasteiger partial charge on any atom is 0.141 e. The summed E-state index contributed by atoms with van der Waals surface area (Å²) in [5.74, 6) is 1.60. The van der Waals surface area contributed by atoms with Crippen molar-refractivity contribution in [2.75, 3.05) is 13.7 Å². The van der Waals surface area contributed by atoms with Gasteiger partial charge in [-0.05, 0) is 57.7 Å². The van der Waals surface area contributed by atoms with Crippen LogP contribution in [0.3, 0.4) is 0 Å². The molecule has 0 aliphatic heterocycles. The lowest BCUT2D eigenvalue weighted by Crippen LogP contribution is -1.96. The van der Waals surface area contributed by atoms with Crippen LogP contribution in [0, 0.1) is 0 Å². The van der Waals surface area contributed by atoms with Crippen LogP contribution in [0.2, 0.25) is 0 Å². The van der Waals surface area contributed by atoms with Gasteiger partial charge in [0.2, 0.25) is 0 Å². The third-order valence-corrected chi connectivity index (χ3v) is 3.60. The summed E-state index contributed by atoms with van der Waals surface area (Å²) < 4.78 is 11.8. The van der Waals surface area contributed by atoms with E-state index in [1.54, 1.807) is 7.11 Å². The molecule has 0 fully saturated rings. The lowest BCUT2D eigenvalue weighted by Gasteiger charge is -2.09. The van der Waals surface area contributed by atoms with Crippen LogP contribution in [0.1, 0.15) is 11.1 Å². The van der Waals surface area contributed by atoms with Crippen molar-refractivity contribution in [1.82, 2.24) is 0 Å². The van der Waals surface area contributed by atoms with Crippen LogP contribution >= 0.6 is 15.9 Å². The number of benzene rings is 2. The van der Waals surface area contributed by atoms with E-state index in [0.717, 1.165) is 34.6 Å². The molecule has 0 saturated carbocycles. The van der Waals surface area contributed by atoms with Gasteiger partial charge < -0.3 is 15.2 Å². The molecule has 2 N–H and O–H groups in total. The van der Waals surface area contributed by atoms with E-state index < -0.39 is 0 Å². The van der Waals surface area contributed by atoms with Crippen LogP contribution in [-0.2, 0) is 17.7 Å². The zero-order valence-electron chi connectivity index (χ0n) is 11.4. The van der Waals surface area contributed by atoms with E-state index in [1.807, 2.05) is 30.3 Å². The molecule has 0 spiro atoms. The molecule has 0 aliphatic rings. The van der Waals surface area contributed by atoms with Crippen LogP contribution in [0.4, 0.5) is 0 Å². The van der Waals surface area contributed by atoms with E-state index in [-0.39, 0.29) is 0 Å². The smallest absolute Gasteiger partial charge is 0.141 e. The number of rotatable bonds is 6. The lowest BCUT2D eigenvalue weighted by molar-refractivity contribution is 0.202. The van der Waals surface area contributed by atoms with E-state index in [0.29, 0.717) is 6.54 Å². The van der Waals surface area contributed by atoms with Gasteiger partial charge in [0.15, 0.2) is 0 Å². The fourth-order valence-corrected chi connectivity index (χ4v) is 2.33. The van der Waals surface area contributed by atoms with Crippen molar-refractivity contribution in [3.05, 3.63) is 58.1 Å². The molecule has 0 radical (unpaired) electrons. The van der Waals surface area contributed by atoms with Crippen molar-refractivity contribution in [3.8, 4) is 11.5 Å². The molecular formula is C16H18BrNO2. The summed E-state index contributed by atoms with van der Waals surface area (Å²) in [6.07, 6.45) is 0.908. The van der Waals surface area contributed by atoms with Crippen LogP contribution in [-0.4, -0.2) is 13.7 Å². The van der Waals surface area contributed by atoms with Crippen molar-refractivity contribution in [3.63, 3.8) is 0 Å². The third-order valence-electron chi connectivity index (χ3n) is 2.98. The molecule has 106 valence electrons. The molecule has 0 bridgehead atoms. The first-order valence-corrected chi connectivity index (χ1v) is 7.26. The second-order valence-electron chi connectivity index (χ2n) is 4.46. The summed E-state index contributed by atoms with van der Waals surface area (Å²) in [5, 5.41) is 0. The largest absolute Gasteiger partial charge is 0.456 e. The van der Waals surface area contributed by atoms with Crippen molar-refractivity contribution in [2.45, 2.75) is 13.0 Å². The molecule has 0 atom stereocenters. The maximum absolute atomic E-state index is 5.85. The first kappa shape index (κ1) is 15.0. The molecule has 0 aliphatic carbocycles. The minimum Gasteiger partial charge on any atom is -0.456 e. The Hall–Kier alpha value is -1.36. The molecule has 0 unspecified atom stereocenters. The van der Waals surface area contributed by atoms with Gasteiger partial charge in [0.1, 0.15) is 11.5 Å². The molecule has 20 heavy (non-hydrogen) atoms. The summed E-state index contributed by atoms with van der Waals surface area (Å²) in [6, 6.07) is 13.9. The average Bonchev–Trinajstić information content (AvgIpc) is 2.48. The van der Waals surface area contributed by atoms with Gasteiger partial charge in [-0.1, -0.05) is 18.2 Å². The van der Waals surface area contributed by atoms with Gasteiger partial charge in [-0.25, -0.2) is 0 Å². The molecule has 0 aromatic heterocycles. The predicted octanol–water partition coefficient (Wildman–Crippen LogP) is 3.89. The maximum atomic E-state index is 5.85. The van der Waals surface area contributed by atoms with Gasteiger partial charge in [0.25, 0.3) is 0 Å². The molecule has 2 aromatic carbocycles. The van der Waals surface area contributed by atoms with Crippen LogP contribution < -0.4 is 10.5 Å². The molecule has 0 heterocycles. The standard InChI is InChI=1S/C16H18BrNO2/c1-19-9-8-12-2-5-14(6-3-12)20-16-7-4-13(11-18)10-15(16)17/h2-7,10H,8-9,11,18H2,1H3. The molecule has 0 amide bonds. The Balaban J connectivity index is 2.06. The Morgan fingerprint density at radius 1 is 1.05 bits per heavy atom. The van der Waals surface area contributed by atoms with Gasteiger partial charge in [0.05, 0.1) is 11.1 Å². The van der Waals surface area contributed by atoms with E-state index in [1.165, 1.54) is 5.56 Å². The topological polar surface area (TPSA) is 44.5 Å². The number of ether oxygens (including phenoxy) is 2. The Morgan fingerprint density at radius 3 is 2.35 bits per heavy atom. The highest BCUT2D eigenvalue weighted by molar-refractivity contribution is 9.10. The molecule has 0 saturated heterocycles. The van der Waals surface area contributed by atoms with Crippen LogP contribution in [0.5, 0.6) is 11.5 Å². The van der Waals surface area contributed by atoms with E-state index in [2.05, 4.69) is 28.1 Å². The number of hydrogen-bond acceptors (Lipinski definition) is 3. The highest BCUT2D eigenvalue weighted by atomic mass is 79.9. The number of nitrogens with two attached hydrogens (primary N) is 1. The second-order valence-corrected chi connectivity index (χ2v) is 5.31. The van der Waals surface area contributed by atoms with E-state index >= 15 is 0 Å². The predicted molar refractivity (Wildman–Crippen MR) is 84.1 cm³/mol. The Labute approximate surface area is 127 Å². The Kier molecular flexibility index (Phi) is 5.59. The highest BCUT2D eigenvalue weighted by Gasteiger charge is 2.04. The fourth-order valence-electron chi connectivity index (χ4n) is 1.83. The summed E-state index contributed by atoms with van der Waals surface area (Å²) >= 11 is 3.50. The van der Waals surface area contributed by atoms with Gasteiger partial charge in [-0.2, -0.15) is 0 Å². The number of methoxy groups -OCH3 is 1. The van der Waals surface area contributed by atoms with Crippen LogP contribution in [0.15, 0.2) is 46.9 Å². The second kappa shape index (κ2) is 7.43. The third kappa shape index (κ3) is 4.07. The van der Waals surface area contributed by atoms with Crippen LogP contribution in [0.25, 0.3) is 0 Å². The summed E-state index contributed by atoms with van der Waals surface area (Å²) in [7, 11) is 1.71. The average molecular weight is 336 g/mol. The molecule has 2 aromatic rings. The van der Waals surface area contributed by atoms with Gasteiger partial charge >= 0.3 is 0 Å². The molecule has 4 heteroatoms. The zero-order chi connectivity index (χ0) is 14.4. The van der Waals surface area contributed by atoms with E-state index in [9.17, 15) is 0 Å². The Bertz CT molecular complexity index is 555. The minimum absolute atomic E-state index is 0.521. The minimum atomic E-state index is 0.521. The monoisotopic (exact) mass is 335 g/mol. The molecule has 3 nitrogen and oxygen atoms in total. The fraction of sp³-hybridized carbons (Fsp3) is 0.250. The van der Waals surface area contributed by atoms with Gasteiger partial charge in [-0.15, -0.1) is 0 Å². The molecular weight excluding hydrogens is 318 g/mol. The summed E-state index contributed by atoms with van der Waals surface area (Å²) in [6.45, 7) is 1.25. The highest BCUT2D eigenvalue weighted by Crippen LogP contribution is 2.30. The first-order valence-electron chi connectivity index (χ1n) is 6.47. The van der Waals surface area contributed by atoms with Gasteiger partial charge in [-0.3, -0.25) is 0 Å². The van der Waals surface area contributed by atoms with Crippen molar-refractivity contribution >= 4 is 15.9 Å². The molecule has 2 rings (SSSR count). The van der Waals surface area contributed by atoms with Crippen molar-refractivity contribution < 1.29 is 9.47 Å². The summed E-state index contributed by atoms with van der Waals surface area (Å²) in [5.41, 5.74) is 7.91. The van der Waals surface area contributed by atoms with E-state index in [4.69, 9.17) is 15.2 Å². The van der Waals surface area contributed by atoms with Gasteiger partial charge in [0, 0.05) is 13.7 Å². The SMILES string of the molecule is COCCc1ccc(Oc2ccc(CN)cc2Br)cc1. The Morgan fingerprint density at radius 2 is 1.75 bits per heavy atom. The summed E-state index contributed by atoms with van der Waals surface area (Å²) in [4.78, 5) is 0. The number of hydrogen-bond donors (Lipinski definition) is 1. The normalized spacial score (nSPS) is 10.6. The zero-order valence-corrected chi connectivity index (χ0v) is 13.0. The number of halogens is 1.